The second-order valence-corrected chi connectivity index (χ2v) is 11.7. The van der Waals surface area contributed by atoms with Crippen molar-refractivity contribution >= 4 is 27.5 Å². The molecule has 42 heavy (non-hydrogen) atoms. The number of nitrogens with zero attached hydrogens (tertiary/aromatic N) is 2. The summed E-state index contributed by atoms with van der Waals surface area (Å²) in [7, 11) is -1.13. The van der Waals surface area contributed by atoms with Gasteiger partial charge in [-0.15, -0.1) is 0 Å². The van der Waals surface area contributed by atoms with Crippen LogP contribution in [0, 0.1) is 5.82 Å². The maximum Gasteiger partial charge on any atom is 0.244 e. The van der Waals surface area contributed by atoms with Crippen LogP contribution in [-0.4, -0.2) is 64.7 Å². The topological polar surface area (TPSA) is 105 Å². The van der Waals surface area contributed by atoms with Crippen LogP contribution in [0.25, 0.3) is 0 Å². The normalized spacial score (nSPS) is 11.8. The lowest BCUT2D eigenvalue weighted by Crippen LogP contribution is -2.53. The highest BCUT2D eigenvalue weighted by Gasteiger charge is 2.33. The summed E-state index contributed by atoms with van der Waals surface area (Å²) in [6.07, 6.45) is 2.81. The minimum atomic E-state index is -3.98. The Labute approximate surface area is 247 Å². The molecule has 3 aromatic rings. The third-order valence-corrected chi connectivity index (χ3v) is 7.83. The molecule has 9 nitrogen and oxygen atoms in total. The first kappa shape index (κ1) is 32.4. The Hall–Kier alpha value is -4.12. The zero-order valence-electron chi connectivity index (χ0n) is 24.4. The Morgan fingerprint density at radius 2 is 1.64 bits per heavy atom. The number of anilines is 1. The summed E-state index contributed by atoms with van der Waals surface area (Å²) >= 11 is 0. The van der Waals surface area contributed by atoms with E-state index in [4.69, 9.17) is 9.47 Å². The van der Waals surface area contributed by atoms with Crippen LogP contribution in [0.4, 0.5) is 10.1 Å². The van der Waals surface area contributed by atoms with E-state index in [1.165, 1.54) is 55.5 Å². The van der Waals surface area contributed by atoms with Gasteiger partial charge in [0.15, 0.2) is 0 Å². The number of amides is 2. The molecule has 3 aromatic carbocycles. The zero-order valence-corrected chi connectivity index (χ0v) is 25.2. The molecule has 11 heteroatoms. The molecule has 0 bridgehead atoms. The van der Waals surface area contributed by atoms with E-state index in [0.29, 0.717) is 17.9 Å². The minimum Gasteiger partial charge on any atom is -0.497 e. The first-order valence-electron chi connectivity index (χ1n) is 13.6. The predicted octanol–water partition coefficient (Wildman–Crippen LogP) is 4.17. The molecule has 0 aliphatic rings. The van der Waals surface area contributed by atoms with E-state index in [9.17, 15) is 22.4 Å². The van der Waals surface area contributed by atoms with E-state index in [1.54, 1.807) is 6.07 Å². The predicted molar refractivity (Wildman–Crippen MR) is 161 cm³/mol. The molecule has 0 saturated carbocycles. The van der Waals surface area contributed by atoms with E-state index in [0.717, 1.165) is 29.0 Å². The number of sulfonamides is 1. The van der Waals surface area contributed by atoms with Gasteiger partial charge in [-0.05, 0) is 41.8 Å². The molecule has 1 N–H and O–H groups in total. The van der Waals surface area contributed by atoms with Gasteiger partial charge < -0.3 is 19.7 Å². The maximum atomic E-state index is 14.1. The summed E-state index contributed by atoms with van der Waals surface area (Å²) in [5.41, 5.74) is 1.54. The maximum absolute atomic E-state index is 14.1. The second-order valence-electron chi connectivity index (χ2n) is 9.81. The zero-order chi connectivity index (χ0) is 30.7. The quantitative estimate of drug-likeness (QED) is 0.263. The summed E-state index contributed by atoms with van der Waals surface area (Å²) in [6, 6.07) is 18.5. The number of hydrogen-bond donors (Lipinski definition) is 1. The van der Waals surface area contributed by atoms with Crippen LogP contribution in [0.1, 0.15) is 30.9 Å². The molecule has 0 aliphatic carbocycles. The van der Waals surface area contributed by atoms with Gasteiger partial charge in [0.25, 0.3) is 0 Å². The molecule has 226 valence electrons. The molecular weight excluding hydrogens is 561 g/mol. The molecule has 1 atom stereocenters. The minimum absolute atomic E-state index is 0.0465. The van der Waals surface area contributed by atoms with Crippen molar-refractivity contribution in [2.75, 3.05) is 37.9 Å². The number of nitrogens with one attached hydrogen (secondary N) is 1. The van der Waals surface area contributed by atoms with Crippen LogP contribution >= 0.6 is 0 Å². The number of unbranched alkanes of at least 4 members (excludes halogenated alkanes) is 1. The lowest BCUT2D eigenvalue weighted by Gasteiger charge is -2.33. The Morgan fingerprint density at radius 3 is 2.24 bits per heavy atom. The van der Waals surface area contributed by atoms with E-state index >= 15 is 0 Å². The molecule has 3 rings (SSSR count). The van der Waals surface area contributed by atoms with Crippen molar-refractivity contribution in [1.29, 1.82) is 0 Å². The van der Waals surface area contributed by atoms with Crippen LogP contribution in [0.15, 0.2) is 72.8 Å². The molecule has 0 aromatic heterocycles. The van der Waals surface area contributed by atoms with Crippen LogP contribution in [0.2, 0.25) is 0 Å². The number of ether oxygens (including phenoxy) is 2. The average molecular weight is 600 g/mol. The van der Waals surface area contributed by atoms with Crippen molar-refractivity contribution in [1.82, 2.24) is 10.2 Å². The number of carbonyl (C=O) groups is 2. The van der Waals surface area contributed by atoms with Gasteiger partial charge in [0.05, 0.1) is 26.2 Å². The lowest BCUT2D eigenvalue weighted by molar-refractivity contribution is -0.140. The van der Waals surface area contributed by atoms with Gasteiger partial charge in [-0.25, -0.2) is 12.8 Å². The van der Waals surface area contributed by atoms with Crippen molar-refractivity contribution in [3.8, 4) is 11.5 Å². The largest absolute Gasteiger partial charge is 0.497 e. The Morgan fingerprint density at radius 1 is 0.952 bits per heavy atom. The molecule has 0 saturated heterocycles. The van der Waals surface area contributed by atoms with Crippen LogP contribution in [0.3, 0.4) is 0 Å². The molecule has 0 spiro atoms. The first-order valence-corrected chi connectivity index (χ1v) is 15.5. The number of benzene rings is 3. The van der Waals surface area contributed by atoms with E-state index < -0.39 is 34.3 Å². The summed E-state index contributed by atoms with van der Waals surface area (Å²) in [5, 5.41) is 2.92. The number of rotatable bonds is 15. The van der Waals surface area contributed by atoms with Crippen molar-refractivity contribution < 1.29 is 31.9 Å². The summed E-state index contributed by atoms with van der Waals surface area (Å²) in [4.78, 5) is 29.1. The van der Waals surface area contributed by atoms with E-state index in [1.807, 2.05) is 37.3 Å². The standard InChI is InChI=1S/C31H38FN3O6S/c1-5-6-18-33-31(37)28(19-23-10-8-7-9-11-23)34(21-24-12-14-25(32)15-13-24)30(36)22-35(42(4,38)39)27-17-16-26(40-2)20-29(27)41-3/h7-17,20,28H,5-6,18-19,21-22H2,1-4H3,(H,33,37)/t28-/m1/s1. The molecule has 0 heterocycles. The highest BCUT2D eigenvalue weighted by molar-refractivity contribution is 7.92. The van der Waals surface area contributed by atoms with Crippen molar-refractivity contribution in [2.45, 2.75) is 38.8 Å². The number of halogens is 1. The monoisotopic (exact) mass is 599 g/mol. The van der Waals surface area contributed by atoms with E-state index in [-0.39, 0.29) is 30.3 Å². The highest BCUT2D eigenvalue weighted by atomic mass is 32.2. The van der Waals surface area contributed by atoms with Crippen molar-refractivity contribution in [2.24, 2.45) is 0 Å². The SMILES string of the molecule is CCCCNC(=O)[C@@H](Cc1ccccc1)N(Cc1ccc(F)cc1)C(=O)CN(c1ccc(OC)cc1OC)S(C)(=O)=O. The van der Waals surface area contributed by atoms with Gasteiger partial charge in [-0.1, -0.05) is 55.8 Å². The first-order chi connectivity index (χ1) is 20.1. The molecular formula is C31H38FN3O6S. The Balaban J connectivity index is 2.06. The fourth-order valence-electron chi connectivity index (χ4n) is 4.43. The smallest absolute Gasteiger partial charge is 0.244 e. The Bertz CT molecular complexity index is 1430. The molecule has 0 aliphatic heterocycles. The third kappa shape index (κ3) is 8.94. The van der Waals surface area contributed by atoms with Crippen molar-refractivity contribution in [3.63, 3.8) is 0 Å². The number of methoxy groups -OCH3 is 2. The highest BCUT2D eigenvalue weighted by Crippen LogP contribution is 2.33. The lowest BCUT2D eigenvalue weighted by atomic mass is 10.0. The molecule has 0 radical (unpaired) electrons. The van der Waals surface area contributed by atoms with E-state index in [2.05, 4.69) is 5.32 Å². The fourth-order valence-corrected chi connectivity index (χ4v) is 5.29. The fraction of sp³-hybridized carbons (Fsp3) is 0.355. The second kappa shape index (κ2) is 15.2. The van der Waals surface area contributed by atoms with Gasteiger partial charge in [0.2, 0.25) is 21.8 Å². The van der Waals surface area contributed by atoms with Gasteiger partial charge in [0.1, 0.15) is 29.9 Å². The molecule has 0 unspecified atom stereocenters. The summed E-state index contributed by atoms with van der Waals surface area (Å²) in [6.45, 7) is 1.79. The van der Waals surface area contributed by atoms with Crippen LogP contribution < -0.4 is 19.1 Å². The number of hydrogen-bond acceptors (Lipinski definition) is 6. The van der Waals surface area contributed by atoms with Crippen molar-refractivity contribution in [3.05, 3.63) is 89.7 Å². The third-order valence-electron chi connectivity index (χ3n) is 6.70. The van der Waals surface area contributed by atoms with Gasteiger partial charge in [0, 0.05) is 25.6 Å². The van der Waals surface area contributed by atoms with Gasteiger partial charge >= 0.3 is 0 Å². The van der Waals surface area contributed by atoms with Gasteiger partial charge in [-0.2, -0.15) is 0 Å². The summed E-state index contributed by atoms with van der Waals surface area (Å²) < 4.78 is 51.4. The average Bonchev–Trinajstić information content (AvgIpc) is 2.98. The molecule has 0 fully saturated rings. The van der Waals surface area contributed by atoms with Gasteiger partial charge in [-0.3, -0.25) is 13.9 Å². The Kier molecular flexibility index (Phi) is 11.7. The molecule has 2 amide bonds. The van der Waals surface area contributed by atoms with Crippen LogP contribution in [0.5, 0.6) is 11.5 Å². The van der Waals surface area contributed by atoms with Crippen LogP contribution in [-0.2, 0) is 32.6 Å². The number of carbonyl (C=O) groups excluding carboxylic acids is 2. The summed E-state index contributed by atoms with van der Waals surface area (Å²) in [5.74, 6) is -0.787.